The Kier molecular flexibility index (Phi) is 2.81. The predicted molar refractivity (Wildman–Crippen MR) is 51.5 cm³/mol. The largest absolute Gasteiger partial charge is 0.347 e. The minimum absolute atomic E-state index is 0.274. The number of amides is 1. The van der Waals surface area contributed by atoms with Crippen LogP contribution in [-0.2, 0) is 4.79 Å². The zero-order chi connectivity index (χ0) is 9.14. The lowest BCUT2D eigenvalue weighted by Crippen LogP contribution is -2.34. The van der Waals surface area contributed by atoms with Crippen molar-refractivity contribution in [1.29, 1.82) is 5.41 Å². The van der Waals surface area contributed by atoms with Crippen molar-refractivity contribution in [3.63, 3.8) is 0 Å². The van der Waals surface area contributed by atoms with Crippen LogP contribution in [0.4, 0.5) is 0 Å². The van der Waals surface area contributed by atoms with Crippen LogP contribution in [0.2, 0.25) is 0 Å². The molecule has 0 fully saturated rings. The van der Waals surface area contributed by atoms with Crippen LogP contribution < -0.4 is 5.32 Å². The van der Waals surface area contributed by atoms with Gasteiger partial charge in [-0.3, -0.25) is 4.79 Å². The molecule has 1 rings (SSSR count). The van der Waals surface area contributed by atoms with E-state index in [1.54, 1.807) is 6.08 Å². The van der Waals surface area contributed by atoms with E-state index in [0.717, 1.165) is 10.1 Å². The van der Waals surface area contributed by atoms with E-state index in [0.29, 0.717) is 12.1 Å². The highest BCUT2D eigenvalue weighted by Crippen LogP contribution is 2.21. The Bertz CT molecular complexity index is 281. The molecule has 4 heteroatoms. The number of carbonyl (C=O) groups excluding carboxylic acids is 1. The highest BCUT2D eigenvalue weighted by Gasteiger charge is 2.15. The second-order valence-electron chi connectivity index (χ2n) is 2.56. The van der Waals surface area contributed by atoms with Crippen molar-refractivity contribution >= 4 is 28.1 Å². The summed E-state index contributed by atoms with van der Waals surface area (Å²) < 4.78 is 0.899. The smallest absolute Gasteiger partial charge is 0.207 e. The summed E-state index contributed by atoms with van der Waals surface area (Å²) in [6.45, 7) is 1.92. The van der Waals surface area contributed by atoms with Gasteiger partial charge in [0, 0.05) is 4.48 Å². The first-order chi connectivity index (χ1) is 5.65. The Hall–Kier alpha value is -0.900. The monoisotopic (exact) mass is 228 g/mol. The van der Waals surface area contributed by atoms with Gasteiger partial charge in [0.25, 0.3) is 0 Å². The van der Waals surface area contributed by atoms with Crippen LogP contribution in [0.3, 0.4) is 0 Å². The first kappa shape index (κ1) is 9.19. The van der Waals surface area contributed by atoms with Gasteiger partial charge < -0.3 is 10.7 Å². The highest BCUT2D eigenvalue weighted by molar-refractivity contribution is 9.12. The molecule has 3 nitrogen and oxygen atoms in total. The Balaban J connectivity index is 2.83. The number of halogens is 1. The fourth-order valence-electron chi connectivity index (χ4n) is 0.971. The van der Waals surface area contributed by atoms with Crippen molar-refractivity contribution < 1.29 is 4.79 Å². The van der Waals surface area contributed by atoms with Crippen LogP contribution >= 0.6 is 15.9 Å². The summed E-state index contributed by atoms with van der Waals surface area (Å²) in [6, 6.07) is -0.274. The molecule has 0 saturated carbocycles. The third-order valence-electron chi connectivity index (χ3n) is 1.66. The lowest BCUT2D eigenvalue weighted by molar-refractivity contribution is -0.109. The van der Waals surface area contributed by atoms with Crippen molar-refractivity contribution in [3.05, 3.63) is 22.2 Å². The Morgan fingerprint density at radius 1 is 1.75 bits per heavy atom. The van der Waals surface area contributed by atoms with E-state index >= 15 is 0 Å². The van der Waals surface area contributed by atoms with Crippen molar-refractivity contribution in [1.82, 2.24) is 5.32 Å². The van der Waals surface area contributed by atoms with Crippen LogP contribution in [0.15, 0.2) is 22.2 Å². The quantitative estimate of drug-likeness (QED) is 0.690. The van der Waals surface area contributed by atoms with Crippen molar-refractivity contribution in [2.45, 2.75) is 13.0 Å². The normalized spacial score (nSPS) is 22.8. The standard InChI is InChI=1S/C8H9BrN2O/c1-5-2-8(11-4-12)7(10)3-6(5)9/h2-4,8,10H,1H3,(H,11,12). The van der Waals surface area contributed by atoms with E-state index in [1.165, 1.54) is 0 Å². The molecule has 0 bridgehead atoms. The first-order valence-corrected chi connectivity index (χ1v) is 4.28. The van der Waals surface area contributed by atoms with Crippen molar-refractivity contribution in [2.75, 3.05) is 0 Å². The van der Waals surface area contributed by atoms with Crippen LogP contribution in [0.5, 0.6) is 0 Å². The highest BCUT2D eigenvalue weighted by atomic mass is 79.9. The third-order valence-corrected chi connectivity index (χ3v) is 2.51. The molecule has 1 atom stereocenters. The summed E-state index contributed by atoms with van der Waals surface area (Å²) in [4.78, 5) is 10.1. The maximum absolute atomic E-state index is 10.1. The molecule has 1 amide bonds. The van der Waals surface area contributed by atoms with E-state index in [-0.39, 0.29) is 6.04 Å². The van der Waals surface area contributed by atoms with Crippen LogP contribution in [-0.4, -0.2) is 18.2 Å². The molecule has 1 unspecified atom stereocenters. The van der Waals surface area contributed by atoms with E-state index in [4.69, 9.17) is 5.41 Å². The topological polar surface area (TPSA) is 53.0 Å². The molecule has 12 heavy (non-hydrogen) atoms. The van der Waals surface area contributed by atoms with E-state index < -0.39 is 0 Å². The number of allylic oxidation sites excluding steroid dienone is 2. The Morgan fingerprint density at radius 3 is 3.00 bits per heavy atom. The molecule has 1 aliphatic carbocycles. The second-order valence-corrected chi connectivity index (χ2v) is 3.41. The van der Waals surface area contributed by atoms with Gasteiger partial charge >= 0.3 is 0 Å². The van der Waals surface area contributed by atoms with Gasteiger partial charge in [0.2, 0.25) is 6.41 Å². The zero-order valence-corrected chi connectivity index (χ0v) is 8.18. The van der Waals surface area contributed by atoms with E-state index in [1.807, 2.05) is 13.0 Å². The molecule has 0 aromatic heterocycles. The van der Waals surface area contributed by atoms with Crippen LogP contribution in [0.1, 0.15) is 6.92 Å². The molecule has 0 saturated heterocycles. The summed E-state index contributed by atoms with van der Waals surface area (Å²) in [5.41, 5.74) is 1.42. The van der Waals surface area contributed by atoms with Gasteiger partial charge in [-0.15, -0.1) is 0 Å². The molecular weight excluding hydrogens is 220 g/mol. The molecule has 0 heterocycles. The van der Waals surface area contributed by atoms with Crippen LogP contribution in [0.25, 0.3) is 0 Å². The lowest BCUT2D eigenvalue weighted by Gasteiger charge is -2.17. The SMILES string of the molecule is CC1=CC(NC=O)C(=N)C=C1Br. The molecule has 2 N–H and O–H groups in total. The molecular formula is C8H9BrN2O. The van der Waals surface area contributed by atoms with Gasteiger partial charge in [-0.2, -0.15) is 0 Å². The molecule has 0 aliphatic heterocycles. The van der Waals surface area contributed by atoms with Gasteiger partial charge in [-0.25, -0.2) is 0 Å². The van der Waals surface area contributed by atoms with Gasteiger partial charge in [-0.05, 0) is 18.6 Å². The number of carbonyl (C=O) groups is 1. The van der Waals surface area contributed by atoms with E-state index in [9.17, 15) is 4.79 Å². The minimum atomic E-state index is -0.274. The predicted octanol–water partition coefficient (Wildman–Crippen LogP) is 1.36. The fourth-order valence-corrected chi connectivity index (χ4v) is 1.35. The molecule has 0 aromatic carbocycles. The maximum Gasteiger partial charge on any atom is 0.207 e. The average molecular weight is 229 g/mol. The number of nitrogens with one attached hydrogen (secondary N) is 2. The first-order valence-electron chi connectivity index (χ1n) is 3.49. The maximum atomic E-state index is 10.1. The molecule has 64 valence electrons. The summed E-state index contributed by atoms with van der Waals surface area (Å²) in [5.74, 6) is 0. The molecule has 0 spiro atoms. The summed E-state index contributed by atoms with van der Waals surface area (Å²) in [6.07, 6.45) is 4.13. The summed E-state index contributed by atoms with van der Waals surface area (Å²) in [5, 5.41) is 10.0. The van der Waals surface area contributed by atoms with Gasteiger partial charge in [0.15, 0.2) is 0 Å². The van der Waals surface area contributed by atoms with E-state index in [2.05, 4.69) is 21.2 Å². The number of rotatable bonds is 2. The summed E-state index contributed by atoms with van der Waals surface area (Å²) >= 11 is 3.31. The Morgan fingerprint density at radius 2 is 2.42 bits per heavy atom. The molecule has 0 aromatic rings. The third kappa shape index (κ3) is 1.82. The zero-order valence-electron chi connectivity index (χ0n) is 6.60. The second kappa shape index (κ2) is 3.67. The average Bonchev–Trinajstić information content (AvgIpc) is 2.01. The lowest BCUT2D eigenvalue weighted by atomic mass is 10.0. The number of hydrogen-bond acceptors (Lipinski definition) is 2. The molecule has 1 aliphatic rings. The Labute approximate surface area is 79.2 Å². The number of hydrogen-bond donors (Lipinski definition) is 2. The minimum Gasteiger partial charge on any atom is -0.347 e. The van der Waals surface area contributed by atoms with Crippen LogP contribution in [0, 0.1) is 5.41 Å². The molecule has 0 radical (unpaired) electrons. The van der Waals surface area contributed by atoms with Crippen molar-refractivity contribution in [2.24, 2.45) is 0 Å². The summed E-state index contributed by atoms with van der Waals surface area (Å²) in [7, 11) is 0. The fraction of sp³-hybridized carbons (Fsp3) is 0.250. The van der Waals surface area contributed by atoms with Gasteiger partial charge in [0.05, 0.1) is 11.8 Å². The van der Waals surface area contributed by atoms with Gasteiger partial charge in [0.1, 0.15) is 0 Å². The van der Waals surface area contributed by atoms with Crippen molar-refractivity contribution in [3.8, 4) is 0 Å². The van der Waals surface area contributed by atoms with Gasteiger partial charge in [-0.1, -0.05) is 22.0 Å².